The molecule has 0 bridgehead atoms. The summed E-state index contributed by atoms with van der Waals surface area (Å²) in [5, 5.41) is 10.5. The third kappa shape index (κ3) is 2.99. The molecule has 1 aliphatic carbocycles. The molecule has 4 nitrogen and oxygen atoms in total. The number of hydrogen-bond acceptors (Lipinski definition) is 4. The Labute approximate surface area is 108 Å². The number of aliphatic hydroxyl groups excluding tert-OH is 1. The molecule has 1 aromatic heterocycles. The largest absolute Gasteiger partial charge is 0.481 e. The lowest BCUT2D eigenvalue weighted by molar-refractivity contribution is 0.0519. The summed E-state index contributed by atoms with van der Waals surface area (Å²) in [5.74, 6) is 2.16. The summed E-state index contributed by atoms with van der Waals surface area (Å²) in [4.78, 5) is 8.14. The molecular formula is C14H22N2O2. The first kappa shape index (κ1) is 13.3. The van der Waals surface area contributed by atoms with E-state index in [0.29, 0.717) is 29.3 Å². The van der Waals surface area contributed by atoms with Crippen molar-refractivity contribution in [1.29, 1.82) is 0 Å². The minimum Gasteiger partial charge on any atom is -0.481 e. The Morgan fingerprint density at radius 3 is 2.50 bits per heavy atom. The van der Waals surface area contributed by atoms with Crippen LogP contribution in [0.5, 0.6) is 5.88 Å². The van der Waals surface area contributed by atoms with Crippen molar-refractivity contribution >= 4 is 0 Å². The normalized spacial score (nSPS) is 29.9. The fourth-order valence-corrected chi connectivity index (χ4v) is 3.14. The molecule has 1 aromatic rings. The Kier molecular flexibility index (Phi) is 4.17. The smallest absolute Gasteiger partial charge is 0.216 e. The summed E-state index contributed by atoms with van der Waals surface area (Å²) < 4.78 is 5.07. The van der Waals surface area contributed by atoms with Gasteiger partial charge in [-0.25, -0.2) is 9.97 Å². The molecule has 0 aliphatic heterocycles. The van der Waals surface area contributed by atoms with Gasteiger partial charge in [0, 0.05) is 6.07 Å². The molecule has 0 radical (unpaired) electrons. The topological polar surface area (TPSA) is 55.2 Å². The van der Waals surface area contributed by atoms with Crippen LogP contribution in [-0.4, -0.2) is 22.2 Å². The lowest BCUT2D eigenvalue weighted by Crippen LogP contribution is -2.25. The maximum absolute atomic E-state index is 10.5. The number of nitrogens with zero attached hydrogens (tertiary/aromatic N) is 2. The fraction of sp³-hybridized carbons (Fsp3) is 0.714. The second kappa shape index (κ2) is 5.65. The van der Waals surface area contributed by atoms with Crippen LogP contribution >= 0.6 is 0 Å². The minimum absolute atomic E-state index is 0.295. The van der Waals surface area contributed by atoms with Crippen molar-refractivity contribution in [2.45, 2.75) is 39.2 Å². The van der Waals surface area contributed by atoms with Crippen LogP contribution < -0.4 is 4.74 Å². The zero-order valence-corrected chi connectivity index (χ0v) is 11.3. The molecule has 3 atom stereocenters. The molecule has 0 spiro atoms. The maximum Gasteiger partial charge on any atom is 0.216 e. The molecule has 1 heterocycles. The highest BCUT2D eigenvalue weighted by atomic mass is 16.5. The average molecular weight is 250 g/mol. The molecule has 0 saturated heterocycles. The Morgan fingerprint density at radius 2 is 1.89 bits per heavy atom. The second-order valence-electron chi connectivity index (χ2n) is 5.61. The fourth-order valence-electron chi connectivity index (χ4n) is 3.14. The van der Waals surface area contributed by atoms with Gasteiger partial charge in [-0.15, -0.1) is 0 Å². The Bertz CT molecular complexity index is 387. The Balaban J connectivity index is 2.11. The highest BCUT2D eigenvalue weighted by molar-refractivity contribution is 5.16. The molecular weight excluding hydrogens is 228 g/mol. The molecule has 3 unspecified atom stereocenters. The summed E-state index contributed by atoms with van der Waals surface area (Å²) in [6, 6.07) is 1.73. The third-order valence-corrected chi connectivity index (χ3v) is 3.84. The molecule has 1 aliphatic rings. The van der Waals surface area contributed by atoms with Gasteiger partial charge in [-0.1, -0.05) is 13.8 Å². The minimum atomic E-state index is -0.507. The molecule has 1 fully saturated rings. The first-order valence-corrected chi connectivity index (χ1v) is 6.64. The zero-order chi connectivity index (χ0) is 13.1. The van der Waals surface area contributed by atoms with Gasteiger partial charge in [0.2, 0.25) is 5.88 Å². The molecule has 1 saturated carbocycles. The van der Waals surface area contributed by atoms with Crippen molar-refractivity contribution in [2.24, 2.45) is 17.8 Å². The van der Waals surface area contributed by atoms with Crippen molar-refractivity contribution in [2.75, 3.05) is 7.11 Å². The number of hydrogen-bond donors (Lipinski definition) is 1. The summed E-state index contributed by atoms with van der Waals surface area (Å²) in [7, 11) is 1.57. The van der Waals surface area contributed by atoms with Gasteiger partial charge in [0.25, 0.3) is 0 Å². The van der Waals surface area contributed by atoms with Gasteiger partial charge in [0.05, 0.1) is 18.9 Å². The third-order valence-electron chi connectivity index (χ3n) is 3.84. The van der Waals surface area contributed by atoms with Crippen molar-refractivity contribution in [3.8, 4) is 5.88 Å². The van der Waals surface area contributed by atoms with Crippen LogP contribution in [0.4, 0.5) is 0 Å². The van der Waals surface area contributed by atoms with Gasteiger partial charge < -0.3 is 9.84 Å². The lowest BCUT2D eigenvalue weighted by Gasteiger charge is -2.34. The van der Waals surface area contributed by atoms with Crippen LogP contribution in [0, 0.1) is 17.8 Å². The van der Waals surface area contributed by atoms with Crippen LogP contribution in [0.3, 0.4) is 0 Å². The van der Waals surface area contributed by atoms with E-state index in [2.05, 4.69) is 23.8 Å². The second-order valence-corrected chi connectivity index (χ2v) is 5.61. The van der Waals surface area contributed by atoms with Gasteiger partial charge in [0.1, 0.15) is 6.33 Å². The quantitative estimate of drug-likeness (QED) is 0.896. The predicted octanol–water partition coefficient (Wildman–Crippen LogP) is 2.59. The first-order valence-electron chi connectivity index (χ1n) is 6.64. The van der Waals surface area contributed by atoms with Crippen LogP contribution in [-0.2, 0) is 0 Å². The molecule has 1 N–H and O–H groups in total. The summed E-state index contributed by atoms with van der Waals surface area (Å²) in [5.41, 5.74) is 0.674. The van der Waals surface area contributed by atoms with Gasteiger partial charge in [-0.3, -0.25) is 0 Å². The number of ether oxygens (including phenoxy) is 1. The van der Waals surface area contributed by atoms with E-state index < -0.39 is 6.10 Å². The number of aliphatic hydroxyl groups is 1. The van der Waals surface area contributed by atoms with E-state index in [-0.39, 0.29) is 0 Å². The highest BCUT2D eigenvalue weighted by Crippen LogP contribution is 2.39. The lowest BCUT2D eigenvalue weighted by atomic mass is 9.74. The first-order chi connectivity index (χ1) is 8.60. The maximum atomic E-state index is 10.5. The Hall–Kier alpha value is -1.16. The standard InChI is InChI=1S/C14H22N2O2/c1-9-4-10(2)6-11(5-9)14(17)12-7-13(18-3)16-8-15-12/h7-11,14,17H,4-6H2,1-3H3. The van der Waals surface area contributed by atoms with E-state index in [1.165, 1.54) is 12.7 Å². The highest BCUT2D eigenvalue weighted by Gasteiger charge is 2.30. The van der Waals surface area contributed by atoms with Crippen molar-refractivity contribution in [3.05, 3.63) is 18.1 Å². The van der Waals surface area contributed by atoms with Gasteiger partial charge >= 0.3 is 0 Å². The van der Waals surface area contributed by atoms with E-state index in [9.17, 15) is 5.11 Å². The number of aromatic nitrogens is 2. The van der Waals surface area contributed by atoms with Crippen molar-refractivity contribution in [1.82, 2.24) is 9.97 Å². The van der Waals surface area contributed by atoms with E-state index >= 15 is 0 Å². The SMILES string of the molecule is COc1cc(C(O)C2CC(C)CC(C)C2)ncn1. The van der Waals surface area contributed by atoms with Crippen molar-refractivity contribution < 1.29 is 9.84 Å². The molecule has 4 heteroatoms. The van der Waals surface area contributed by atoms with Gasteiger partial charge in [0.15, 0.2) is 0 Å². The zero-order valence-electron chi connectivity index (χ0n) is 11.3. The predicted molar refractivity (Wildman–Crippen MR) is 69.2 cm³/mol. The van der Waals surface area contributed by atoms with Crippen LogP contribution in [0.15, 0.2) is 12.4 Å². The Morgan fingerprint density at radius 1 is 1.22 bits per heavy atom. The van der Waals surface area contributed by atoms with Crippen LogP contribution in [0.1, 0.15) is 44.9 Å². The monoisotopic (exact) mass is 250 g/mol. The van der Waals surface area contributed by atoms with Gasteiger partial charge in [-0.05, 0) is 37.0 Å². The molecule has 18 heavy (non-hydrogen) atoms. The number of methoxy groups -OCH3 is 1. The average Bonchev–Trinajstić information content (AvgIpc) is 2.37. The molecule has 2 rings (SSSR count). The van der Waals surface area contributed by atoms with E-state index in [0.717, 1.165) is 12.8 Å². The summed E-state index contributed by atoms with van der Waals surface area (Å²) in [6.45, 7) is 4.52. The molecule has 0 amide bonds. The van der Waals surface area contributed by atoms with E-state index in [1.54, 1.807) is 13.2 Å². The van der Waals surface area contributed by atoms with Crippen LogP contribution in [0.25, 0.3) is 0 Å². The summed E-state index contributed by atoms with van der Waals surface area (Å²) >= 11 is 0. The van der Waals surface area contributed by atoms with Crippen LogP contribution in [0.2, 0.25) is 0 Å². The van der Waals surface area contributed by atoms with E-state index in [1.807, 2.05) is 0 Å². The summed E-state index contributed by atoms with van der Waals surface area (Å²) in [6.07, 6.45) is 4.34. The molecule has 100 valence electrons. The molecule has 0 aromatic carbocycles. The van der Waals surface area contributed by atoms with E-state index in [4.69, 9.17) is 4.74 Å². The van der Waals surface area contributed by atoms with Crippen molar-refractivity contribution in [3.63, 3.8) is 0 Å². The van der Waals surface area contributed by atoms with Gasteiger partial charge in [-0.2, -0.15) is 0 Å². The number of rotatable bonds is 3.